The lowest BCUT2D eigenvalue weighted by Crippen LogP contribution is -2.42. The molecule has 2 aliphatic rings. The number of rotatable bonds is 2. The van der Waals surface area contributed by atoms with Gasteiger partial charge in [0.25, 0.3) is 0 Å². The summed E-state index contributed by atoms with van der Waals surface area (Å²) >= 11 is 0. The second-order valence-corrected chi connectivity index (χ2v) is 6.40. The Morgan fingerprint density at radius 1 is 1.23 bits per heavy atom. The highest BCUT2D eigenvalue weighted by molar-refractivity contribution is 5.89. The normalized spacial score (nSPS) is 22.8. The van der Waals surface area contributed by atoms with Gasteiger partial charge in [0.2, 0.25) is 0 Å². The maximum atomic E-state index is 13.7. The molecule has 0 radical (unpaired) electrons. The smallest absolute Gasteiger partial charge is 0.321 e. The first-order valence-electron chi connectivity index (χ1n) is 8.19. The van der Waals surface area contributed by atoms with E-state index < -0.39 is 0 Å². The molecule has 1 N–H and O–H groups in total. The highest BCUT2D eigenvalue weighted by Crippen LogP contribution is 2.22. The van der Waals surface area contributed by atoms with Gasteiger partial charge in [0.05, 0.1) is 5.69 Å². The Hall–Kier alpha value is -1.62. The van der Waals surface area contributed by atoms with Gasteiger partial charge in [-0.25, -0.2) is 9.18 Å². The number of carbonyl (C=O) groups is 1. The molecule has 0 saturated carbocycles. The van der Waals surface area contributed by atoms with E-state index in [1.165, 1.54) is 25.3 Å². The molecule has 120 valence electrons. The van der Waals surface area contributed by atoms with Crippen LogP contribution in [0.25, 0.3) is 0 Å². The summed E-state index contributed by atoms with van der Waals surface area (Å²) in [6.07, 6.45) is 4.86. The number of aryl methyl sites for hydroxylation is 1. The predicted molar refractivity (Wildman–Crippen MR) is 85.6 cm³/mol. The fourth-order valence-corrected chi connectivity index (χ4v) is 3.44. The molecule has 22 heavy (non-hydrogen) atoms. The molecule has 1 aromatic carbocycles. The quantitative estimate of drug-likeness (QED) is 0.910. The molecule has 2 saturated heterocycles. The zero-order valence-corrected chi connectivity index (χ0v) is 13.1. The number of anilines is 1. The van der Waals surface area contributed by atoms with Gasteiger partial charge in [-0.2, -0.15) is 0 Å². The van der Waals surface area contributed by atoms with E-state index in [0.717, 1.165) is 38.2 Å². The number of benzene rings is 1. The average Bonchev–Trinajstić information content (AvgIpc) is 3.02. The molecule has 0 aromatic heterocycles. The van der Waals surface area contributed by atoms with E-state index in [4.69, 9.17) is 0 Å². The van der Waals surface area contributed by atoms with Crippen LogP contribution in [0.1, 0.15) is 31.2 Å². The Labute approximate surface area is 131 Å². The molecule has 2 fully saturated rings. The summed E-state index contributed by atoms with van der Waals surface area (Å²) in [5, 5.41) is 2.71. The molecule has 1 atom stereocenters. The van der Waals surface area contributed by atoms with Gasteiger partial charge in [-0.05, 0) is 57.0 Å². The standard InChI is InChI=1S/C17H24FN3O/c1-13-5-6-15(18)16(11-13)19-17(22)21-10-7-14(12-21)20-8-3-2-4-9-20/h5-6,11,14H,2-4,7-10,12H2,1H3,(H,19,22)/t14-/m0/s1. The summed E-state index contributed by atoms with van der Waals surface area (Å²) in [5.74, 6) is -0.384. The Kier molecular flexibility index (Phi) is 4.62. The number of hydrogen-bond acceptors (Lipinski definition) is 2. The monoisotopic (exact) mass is 305 g/mol. The third kappa shape index (κ3) is 3.40. The minimum atomic E-state index is -0.384. The first-order chi connectivity index (χ1) is 10.6. The SMILES string of the molecule is Cc1ccc(F)c(NC(=O)N2CC[C@H](N3CCCCC3)C2)c1. The first kappa shape index (κ1) is 15.3. The van der Waals surface area contributed by atoms with Gasteiger partial charge in [-0.3, -0.25) is 4.90 Å². The van der Waals surface area contributed by atoms with E-state index in [2.05, 4.69) is 10.2 Å². The predicted octanol–water partition coefficient (Wildman–Crippen LogP) is 3.23. The van der Waals surface area contributed by atoms with E-state index in [0.29, 0.717) is 6.04 Å². The second-order valence-electron chi connectivity index (χ2n) is 6.40. The molecule has 2 amide bonds. The van der Waals surface area contributed by atoms with Crippen molar-refractivity contribution in [2.45, 2.75) is 38.6 Å². The third-order valence-corrected chi connectivity index (χ3v) is 4.72. The molecule has 4 nitrogen and oxygen atoms in total. The van der Waals surface area contributed by atoms with Crippen LogP contribution < -0.4 is 5.32 Å². The Balaban J connectivity index is 1.58. The fraction of sp³-hybridized carbons (Fsp3) is 0.588. The van der Waals surface area contributed by atoms with Crippen molar-refractivity contribution in [3.63, 3.8) is 0 Å². The summed E-state index contributed by atoms with van der Waals surface area (Å²) in [6.45, 7) is 5.68. The van der Waals surface area contributed by atoms with Crippen LogP contribution in [-0.2, 0) is 0 Å². The van der Waals surface area contributed by atoms with Gasteiger partial charge in [-0.15, -0.1) is 0 Å². The van der Waals surface area contributed by atoms with Crippen molar-refractivity contribution in [1.29, 1.82) is 0 Å². The number of halogens is 1. The molecule has 1 aromatic rings. The lowest BCUT2D eigenvalue weighted by Gasteiger charge is -2.32. The van der Waals surface area contributed by atoms with Crippen molar-refractivity contribution in [1.82, 2.24) is 9.80 Å². The number of amides is 2. The van der Waals surface area contributed by atoms with E-state index in [-0.39, 0.29) is 17.5 Å². The number of likely N-dealkylation sites (tertiary alicyclic amines) is 2. The third-order valence-electron chi connectivity index (χ3n) is 4.72. The van der Waals surface area contributed by atoms with Gasteiger partial charge < -0.3 is 10.2 Å². The lowest BCUT2D eigenvalue weighted by molar-refractivity contribution is 0.163. The van der Waals surface area contributed by atoms with Crippen molar-refractivity contribution in [2.24, 2.45) is 0 Å². The zero-order valence-electron chi connectivity index (χ0n) is 13.1. The van der Waals surface area contributed by atoms with Gasteiger partial charge in [0.15, 0.2) is 0 Å². The van der Waals surface area contributed by atoms with Crippen LogP contribution in [0.5, 0.6) is 0 Å². The van der Waals surface area contributed by atoms with Crippen LogP contribution >= 0.6 is 0 Å². The van der Waals surface area contributed by atoms with Crippen LogP contribution in [0.15, 0.2) is 18.2 Å². The largest absolute Gasteiger partial charge is 0.323 e. The minimum Gasteiger partial charge on any atom is -0.323 e. The topological polar surface area (TPSA) is 35.6 Å². The number of carbonyl (C=O) groups excluding carboxylic acids is 1. The molecule has 0 spiro atoms. The molecule has 0 aliphatic carbocycles. The molecule has 2 aliphatic heterocycles. The number of hydrogen-bond donors (Lipinski definition) is 1. The van der Waals surface area contributed by atoms with Crippen molar-refractivity contribution in [3.8, 4) is 0 Å². The van der Waals surface area contributed by atoms with Gasteiger partial charge in [0.1, 0.15) is 5.82 Å². The molecular formula is C17H24FN3O. The molecule has 5 heteroatoms. The van der Waals surface area contributed by atoms with E-state index in [1.54, 1.807) is 17.0 Å². The van der Waals surface area contributed by atoms with Gasteiger partial charge in [0, 0.05) is 19.1 Å². The number of piperidine rings is 1. The van der Waals surface area contributed by atoms with Crippen LogP contribution in [0, 0.1) is 12.7 Å². The van der Waals surface area contributed by atoms with E-state index >= 15 is 0 Å². The minimum absolute atomic E-state index is 0.191. The molecule has 0 bridgehead atoms. The molecular weight excluding hydrogens is 281 g/mol. The Bertz CT molecular complexity index is 543. The van der Waals surface area contributed by atoms with Gasteiger partial charge >= 0.3 is 6.03 Å². The number of nitrogens with one attached hydrogen (secondary N) is 1. The lowest BCUT2D eigenvalue weighted by atomic mass is 10.1. The average molecular weight is 305 g/mol. The number of nitrogens with zero attached hydrogens (tertiary/aromatic N) is 2. The van der Waals surface area contributed by atoms with Gasteiger partial charge in [-0.1, -0.05) is 12.5 Å². The van der Waals surface area contributed by atoms with Crippen LogP contribution in [0.4, 0.5) is 14.9 Å². The van der Waals surface area contributed by atoms with Crippen molar-refractivity contribution in [3.05, 3.63) is 29.6 Å². The number of urea groups is 1. The Morgan fingerprint density at radius 2 is 2.00 bits per heavy atom. The van der Waals surface area contributed by atoms with E-state index in [1.807, 2.05) is 6.92 Å². The highest BCUT2D eigenvalue weighted by Gasteiger charge is 2.31. The summed E-state index contributed by atoms with van der Waals surface area (Å²) < 4.78 is 13.7. The summed E-state index contributed by atoms with van der Waals surface area (Å²) in [5.41, 5.74) is 1.20. The van der Waals surface area contributed by atoms with Crippen LogP contribution in [0.3, 0.4) is 0 Å². The maximum absolute atomic E-state index is 13.7. The van der Waals surface area contributed by atoms with E-state index in [9.17, 15) is 9.18 Å². The van der Waals surface area contributed by atoms with Crippen molar-refractivity contribution < 1.29 is 9.18 Å². The first-order valence-corrected chi connectivity index (χ1v) is 8.19. The highest BCUT2D eigenvalue weighted by atomic mass is 19.1. The summed E-state index contributed by atoms with van der Waals surface area (Å²) in [4.78, 5) is 16.6. The van der Waals surface area contributed by atoms with Crippen LogP contribution in [0.2, 0.25) is 0 Å². The second kappa shape index (κ2) is 6.65. The maximum Gasteiger partial charge on any atom is 0.321 e. The van der Waals surface area contributed by atoms with Crippen molar-refractivity contribution >= 4 is 11.7 Å². The fourth-order valence-electron chi connectivity index (χ4n) is 3.44. The summed E-state index contributed by atoms with van der Waals surface area (Å²) in [7, 11) is 0. The zero-order chi connectivity index (χ0) is 15.5. The van der Waals surface area contributed by atoms with Crippen LogP contribution in [-0.4, -0.2) is 48.1 Å². The molecule has 3 rings (SSSR count). The summed E-state index contributed by atoms with van der Waals surface area (Å²) in [6, 6.07) is 5.04. The molecule has 2 heterocycles. The Morgan fingerprint density at radius 3 is 2.77 bits per heavy atom. The van der Waals surface area contributed by atoms with Crippen molar-refractivity contribution in [2.75, 3.05) is 31.5 Å². The molecule has 0 unspecified atom stereocenters.